The number of methoxy groups -OCH3 is 2. The van der Waals surface area contributed by atoms with Crippen LogP contribution in [0.2, 0.25) is 0 Å². The first kappa shape index (κ1) is 44.4. The zero-order chi connectivity index (χ0) is 43.0. The molecule has 0 fully saturated rings. The molecule has 0 aliphatic carbocycles. The Morgan fingerprint density at radius 2 is 1.06 bits per heavy atom. The van der Waals surface area contributed by atoms with Crippen LogP contribution in [0.3, 0.4) is 0 Å². The van der Waals surface area contributed by atoms with Gasteiger partial charge >= 0.3 is 0 Å². The second-order valence-corrected chi connectivity index (χ2v) is 15.2. The molecule has 6 heterocycles. The highest BCUT2D eigenvalue weighted by Gasteiger charge is 2.16. The van der Waals surface area contributed by atoms with Crippen LogP contribution in [0.1, 0.15) is 78.1 Å². The van der Waals surface area contributed by atoms with Crippen molar-refractivity contribution in [3.05, 3.63) is 167 Å². The van der Waals surface area contributed by atoms with Gasteiger partial charge in [0, 0.05) is 12.4 Å². The average Bonchev–Trinajstić information content (AvgIpc) is 3.92. The van der Waals surface area contributed by atoms with Gasteiger partial charge in [-0.2, -0.15) is 10.2 Å². The summed E-state index contributed by atoms with van der Waals surface area (Å²) in [6, 6.07) is 29.0. The molecule has 12 nitrogen and oxygen atoms in total. The van der Waals surface area contributed by atoms with Crippen LogP contribution in [-0.4, -0.2) is 63.7 Å². The third-order valence-electron chi connectivity index (χ3n) is 10.5. The Kier molecular flexibility index (Phi) is 14.3. The Morgan fingerprint density at radius 1 is 0.565 bits per heavy atom. The maximum Gasteiger partial charge on any atom is 0.238 e. The zero-order valence-electron chi connectivity index (χ0n) is 35.7. The summed E-state index contributed by atoms with van der Waals surface area (Å²) in [6.45, 7) is 12.3. The summed E-state index contributed by atoms with van der Waals surface area (Å²) >= 11 is 0. The van der Waals surface area contributed by atoms with Crippen LogP contribution < -0.4 is 9.47 Å². The lowest BCUT2D eigenvalue weighted by Crippen LogP contribution is -2.06. The van der Waals surface area contributed by atoms with Crippen molar-refractivity contribution in [1.29, 1.82) is 0 Å². The second-order valence-electron chi connectivity index (χ2n) is 15.2. The minimum Gasteiger partial charge on any atom is -0.479 e. The van der Waals surface area contributed by atoms with Crippen LogP contribution in [0.5, 0.6) is 11.8 Å². The molecule has 0 aliphatic heterocycles. The molecule has 13 heteroatoms. The largest absolute Gasteiger partial charge is 0.479 e. The van der Waals surface area contributed by atoms with E-state index >= 15 is 0 Å². The summed E-state index contributed by atoms with van der Waals surface area (Å²) in [5.41, 5.74) is 12.9. The van der Waals surface area contributed by atoms with E-state index in [-0.39, 0.29) is 19.2 Å². The highest BCUT2D eigenvalue weighted by molar-refractivity contribution is 5.60. The van der Waals surface area contributed by atoms with Crippen LogP contribution in [0.4, 0.5) is 4.39 Å². The lowest BCUT2D eigenvalue weighted by atomic mass is 9.94. The van der Waals surface area contributed by atoms with Crippen molar-refractivity contribution in [2.45, 2.75) is 73.6 Å². The number of ether oxygens (including phenoxy) is 2. The van der Waals surface area contributed by atoms with E-state index in [0.717, 1.165) is 63.8 Å². The van der Waals surface area contributed by atoms with Crippen molar-refractivity contribution >= 4 is 0 Å². The molecule has 0 spiro atoms. The molecule has 0 amide bonds. The van der Waals surface area contributed by atoms with Crippen LogP contribution in [0.25, 0.3) is 34.2 Å². The molecule has 0 saturated heterocycles. The molecular formula is C49H53FN10O2. The lowest BCUT2D eigenvalue weighted by Gasteiger charge is -2.14. The third kappa shape index (κ3) is 10.6. The fourth-order valence-corrected chi connectivity index (χ4v) is 6.92. The minimum atomic E-state index is -0.228. The molecule has 6 aromatic heterocycles. The SMILES string of the molecule is C.COc1nc(-c2cc(C)c(C[C@@H](C)c3ccc(F)cc3)nn2)ccc1-n1cnc(C)c1.COc1nc(-c2ccc(C[C@@H](C)c3ccc(C)cc3)nn2)ccc1-n1cnc(C)c1. The molecule has 0 aliphatic rings. The Morgan fingerprint density at radius 3 is 1.55 bits per heavy atom. The summed E-state index contributed by atoms with van der Waals surface area (Å²) < 4.78 is 28.0. The lowest BCUT2D eigenvalue weighted by molar-refractivity contribution is 0.396. The van der Waals surface area contributed by atoms with Crippen molar-refractivity contribution in [2.75, 3.05) is 14.2 Å². The van der Waals surface area contributed by atoms with Gasteiger partial charge in [-0.05, 0) is 124 Å². The first-order chi connectivity index (χ1) is 29.5. The minimum absolute atomic E-state index is 0. The smallest absolute Gasteiger partial charge is 0.238 e. The van der Waals surface area contributed by atoms with Crippen molar-refractivity contribution in [3.8, 4) is 45.9 Å². The zero-order valence-corrected chi connectivity index (χ0v) is 35.7. The molecule has 2 atom stereocenters. The number of nitrogens with zero attached hydrogens (tertiary/aromatic N) is 10. The van der Waals surface area contributed by atoms with Gasteiger partial charge in [-0.3, -0.25) is 0 Å². The van der Waals surface area contributed by atoms with E-state index in [9.17, 15) is 4.39 Å². The first-order valence-electron chi connectivity index (χ1n) is 20.1. The van der Waals surface area contributed by atoms with Gasteiger partial charge in [-0.1, -0.05) is 63.2 Å². The number of rotatable bonds is 12. The van der Waals surface area contributed by atoms with Crippen molar-refractivity contribution < 1.29 is 13.9 Å². The number of hydrogen-bond donors (Lipinski definition) is 0. The fourth-order valence-electron chi connectivity index (χ4n) is 6.92. The molecule has 2 aromatic carbocycles. The number of benzene rings is 2. The molecule has 8 rings (SSSR count). The maximum atomic E-state index is 13.2. The summed E-state index contributed by atoms with van der Waals surface area (Å²) in [6.07, 6.45) is 8.89. The Bertz CT molecular complexity index is 2710. The van der Waals surface area contributed by atoms with Gasteiger partial charge in [-0.15, -0.1) is 10.2 Å². The van der Waals surface area contributed by atoms with E-state index in [1.807, 2.05) is 96.9 Å². The van der Waals surface area contributed by atoms with Crippen LogP contribution in [0, 0.1) is 33.5 Å². The Hall–Kier alpha value is -7.15. The van der Waals surface area contributed by atoms with E-state index < -0.39 is 0 Å². The summed E-state index contributed by atoms with van der Waals surface area (Å²) in [5.74, 6) is 1.36. The quantitative estimate of drug-likeness (QED) is 0.117. The van der Waals surface area contributed by atoms with Crippen LogP contribution in [0.15, 0.2) is 116 Å². The van der Waals surface area contributed by atoms with Crippen molar-refractivity contribution in [2.24, 2.45) is 0 Å². The molecule has 0 unspecified atom stereocenters. The van der Waals surface area contributed by atoms with E-state index in [4.69, 9.17) is 9.47 Å². The standard InChI is InChI=1S/C24H24FN5O.C24H25N5O.CH4/c1-15(18-5-7-19(25)8-6-18)11-21-16(2)12-22(29-28-21)20-9-10-23(24(27-20)31-4)30-13-17(3)26-14-30;1-16-5-7-19(8-6-16)17(2)13-20-9-10-22(28-27-20)21-11-12-23(24(26-21)30-4)29-14-18(3)25-15-29;/h5-10,12-15H,11H2,1-4H3;5-12,14-15,17H,13H2,1-4H3;1H4/t15-;17-;/m11./s1. The highest BCUT2D eigenvalue weighted by atomic mass is 19.1. The normalized spacial score (nSPS) is 11.8. The molecular weight excluding hydrogens is 780 g/mol. The van der Waals surface area contributed by atoms with Gasteiger partial charge in [0.05, 0.1) is 61.0 Å². The van der Waals surface area contributed by atoms with Gasteiger partial charge < -0.3 is 18.6 Å². The number of hydrogen-bond acceptors (Lipinski definition) is 10. The van der Waals surface area contributed by atoms with E-state index in [0.29, 0.717) is 34.8 Å². The van der Waals surface area contributed by atoms with Crippen molar-refractivity contribution in [3.63, 3.8) is 0 Å². The van der Waals surface area contributed by atoms with Gasteiger partial charge in [0.25, 0.3) is 0 Å². The highest BCUT2D eigenvalue weighted by Crippen LogP contribution is 2.29. The number of halogens is 1. The molecule has 0 N–H and O–H groups in total. The fraction of sp³-hybridized carbons (Fsp3) is 0.265. The number of pyridine rings is 2. The monoisotopic (exact) mass is 832 g/mol. The van der Waals surface area contributed by atoms with Crippen LogP contribution >= 0.6 is 0 Å². The number of imidazole rings is 2. The molecule has 318 valence electrons. The Labute approximate surface area is 363 Å². The topological polar surface area (TPSA) is 131 Å². The Balaban J connectivity index is 0.000000204. The van der Waals surface area contributed by atoms with Gasteiger partial charge in [0.1, 0.15) is 28.6 Å². The average molecular weight is 833 g/mol. The van der Waals surface area contributed by atoms with Crippen LogP contribution in [-0.2, 0) is 12.8 Å². The summed E-state index contributed by atoms with van der Waals surface area (Å²) in [7, 11) is 3.21. The first-order valence-corrected chi connectivity index (χ1v) is 20.1. The van der Waals surface area contributed by atoms with E-state index in [1.165, 1.54) is 23.3 Å². The number of aromatic nitrogens is 10. The second kappa shape index (κ2) is 19.9. The molecule has 0 radical (unpaired) electrons. The van der Waals surface area contributed by atoms with E-state index in [1.54, 1.807) is 26.9 Å². The molecule has 0 saturated carbocycles. The molecule has 8 aromatic rings. The van der Waals surface area contributed by atoms with Gasteiger partial charge in [0.15, 0.2) is 0 Å². The third-order valence-corrected chi connectivity index (χ3v) is 10.5. The number of aryl methyl sites for hydroxylation is 4. The summed E-state index contributed by atoms with van der Waals surface area (Å²) in [4.78, 5) is 17.8. The van der Waals surface area contributed by atoms with Crippen molar-refractivity contribution in [1.82, 2.24) is 49.5 Å². The molecule has 0 bridgehead atoms. The predicted octanol–water partition coefficient (Wildman–Crippen LogP) is 10.2. The maximum absolute atomic E-state index is 13.2. The van der Waals surface area contributed by atoms with E-state index in [2.05, 4.69) is 85.4 Å². The molecule has 62 heavy (non-hydrogen) atoms. The predicted molar refractivity (Wildman–Crippen MR) is 241 cm³/mol. The van der Waals surface area contributed by atoms with Gasteiger partial charge in [-0.25, -0.2) is 24.3 Å². The summed E-state index contributed by atoms with van der Waals surface area (Å²) in [5, 5.41) is 17.7. The van der Waals surface area contributed by atoms with Gasteiger partial charge in [0.2, 0.25) is 11.8 Å².